The van der Waals surface area contributed by atoms with Gasteiger partial charge >= 0.3 is 11.9 Å². The fourth-order valence-corrected chi connectivity index (χ4v) is 7.02. The molecule has 0 aliphatic heterocycles. The molecule has 0 aliphatic rings. The van der Waals surface area contributed by atoms with Crippen molar-refractivity contribution in [1.29, 1.82) is 0 Å². The summed E-state index contributed by atoms with van der Waals surface area (Å²) in [4.78, 5) is 25.4. The van der Waals surface area contributed by atoms with Gasteiger partial charge in [0, 0.05) is 19.4 Å². The van der Waals surface area contributed by atoms with Crippen LogP contribution in [0.4, 0.5) is 0 Å². The van der Waals surface area contributed by atoms with E-state index in [9.17, 15) is 9.59 Å². The van der Waals surface area contributed by atoms with E-state index in [-0.39, 0.29) is 25.2 Å². The van der Waals surface area contributed by atoms with E-state index < -0.39 is 6.10 Å². The Hall–Kier alpha value is -2.92. The molecule has 0 heterocycles. The maximum Gasteiger partial charge on any atom is 0.306 e. The summed E-state index contributed by atoms with van der Waals surface area (Å²) in [6.07, 6.45) is 68.9. The van der Waals surface area contributed by atoms with Gasteiger partial charge in [0.05, 0.1) is 6.61 Å². The average molecular weight is 863 g/mol. The molecule has 0 rings (SSSR count). The van der Waals surface area contributed by atoms with Crippen LogP contribution in [0.1, 0.15) is 239 Å². The zero-order valence-electron chi connectivity index (χ0n) is 40.9. The lowest BCUT2D eigenvalue weighted by molar-refractivity contribution is -0.162. The first kappa shape index (κ1) is 59.1. The molecule has 0 radical (unpaired) electrons. The molecule has 0 N–H and O–H groups in total. The van der Waals surface area contributed by atoms with Crippen molar-refractivity contribution in [1.82, 2.24) is 0 Å². The van der Waals surface area contributed by atoms with Crippen LogP contribution in [0, 0.1) is 0 Å². The second-order valence-corrected chi connectivity index (χ2v) is 17.0. The second kappa shape index (κ2) is 52.4. The smallest absolute Gasteiger partial charge is 0.306 e. The topological polar surface area (TPSA) is 61.8 Å². The molecule has 0 saturated heterocycles. The Bertz CT molecular complexity index is 1160. The van der Waals surface area contributed by atoms with Crippen LogP contribution in [0.15, 0.2) is 85.1 Å². The molecule has 0 amide bonds. The summed E-state index contributed by atoms with van der Waals surface area (Å²) in [6, 6.07) is 0. The number of allylic oxidation sites excluding steroid dienone is 14. The Morgan fingerprint density at radius 1 is 0.371 bits per heavy atom. The van der Waals surface area contributed by atoms with Gasteiger partial charge in [0.15, 0.2) is 6.10 Å². The zero-order chi connectivity index (χ0) is 44.9. The molecule has 0 aromatic heterocycles. The van der Waals surface area contributed by atoms with E-state index >= 15 is 0 Å². The normalized spacial score (nSPS) is 12.9. The van der Waals surface area contributed by atoms with Gasteiger partial charge in [-0.2, -0.15) is 0 Å². The highest BCUT2D eigenvalue weighted by molar-refractivity contribution is 5.70. The van der Waals surface area contributed by atoms with Crippen LogP contribution in [-0.4, -0.2) is 37.9 Å². The number of ether oxygens (including phenoxy) is 3. The van der Waals surface area contributed by atoms with Crippen molar-refractivity contribution < 1.29 is 23.8 Å². The molecule has 0 fully saturated rings. The number of hydrogen-bond donors (Lipinski definition) is 0. The van der Waals surface area contributed by atoms with Crippen molar-refractivity contribution in [3.05, 3.63) is 85.1 Å². The van der Waals surface area contributed by atoms with Crippen LogP contribution < -0.4 is 0 Å². The van der Waals surface area contributed by atoms with E-state index in [0.717, 1.165) is 64.2 Å². The van der Waals surface area contributed by atoms with E-state index in [2.05, 4.69) is 99.8 Å². The van der Waals surface area contributed by atoms with E-state index in [4.69, 9.17) is 14.2 Å². The van der Waals surface area contributed by atoms with Crippen molar-refractivity contribution in [3.63, 3.8) is 0 Å². The van der Waals surface area contributed by atoms with Crippen LogP contribution in [0.25, 0.3) is 0 Å². The number of rotatable bonds is 47. The van der Waals surface area contributed by atoms with Crippen molar-refractivity contribution in [2.45, 2.75) is 245 Å². The first-order valence-corrected chi connectivity index (χ1v) is 26.1. The Labute approximate surface area is 384 Å². The van der Waals surface area contributed by atoms with Gasteiger partial charge in [-0.25, -0.2) is 0 Å². The van der Waals surface area contributed by atoms with Crippen molar-refractivity contribution >= 4 is 11.9 Å². The molecule has 0 aromatic carbocycles. The molecule has 5 nitrogen and oxygen atoms in total. The third kappa shape index (κ3) is 49.7. The highest BCUT2D eigenvalue weighted by atomic mass is 16.6. The third-order valence-corrected chi connectivity index (χ3v) is 10.9. The minimum absolute atomic E-state index is 0.0493. The summed E-state index contributed by atoms with van der Waals surface area (Å²) in [5.74, 6) is -0.498. The summed E-state index contributed by atoms with van der Waals surface area (Å²) in [5, 5.41) is 0. The Morgan fingerprint density at radius 2 is 0.758 bits per heavy atom. The molecule has 62 heavy (non-hydrogen) atoms. The molecule has 0 aliphatic carbocycles. The molecule has 0 bridgehead atoms. The largest absolute Gasteiger partial charge is 0.462 e. The quantitative estimate of drug-likeness (QED) is 0.0346. The molecule has 5 heteroatoms. The maximum atomic E-state index is 12.7. The van der Waals surface area contributed by atoms with Crippen molar-refractivity contribution in [2.24, 2.45) is 0 Å². The number of esters is 2. The second-order valence-electron chi connectivity index (χ2n) is 17.0. The van der Waals surface area contributed by atoms with Crippen LogP contribution in [0.3, 0.4) is 0 Å². The lowest BCUT2D eigenvalue weighted by atomic mass is 10.1. The van der Waals surface area contributed by atoms with Crippen LogP contribution in [-0.2, 0) is 23.8 Å². The summed E-state index contributed by atoms with van der Waals surface area (Å²) < 4.78 is 17.3. The van der Waals surface area contributed by atoms with Crippen LogP contribution >= 0.6 is 0 Å². The zero-order valence-corrected chi connectivity index (χ0v) is 40.9. The fourth-order valence-electron chi connectivity index (χ4n) is 7.02. The van der Waals surface area contributed by atoms with Crippen molar-refractivity contribution in [3.8, 4) is 0 Å². The van der Waals surface area contributed by atoms with E-state index in [1.54, 1.807) is 0 Å². The van der Waals surface area contributed by atoms with E-state index in [0.29, 0.717) is 25.9 Å². The van der Waals surface area contributed by atoms with Crippen molar-refractivity contribution in [2.75, 3.05) is 19.8 Å². The van der Waals surface area contributed by atoms with Gasteiger partial charge in [-0.3, -0.25) is 9.59 Å². The first-order valence-electron chi connectivity index (χ1n) is 26.1. The van der Waals surface area contributed by atoms with E-state index in [1.807, 2.05) is 6.08 Å². The van der Waals surface area contributed by atoms with Crippen LogP contribution in [0.2, 0.25) is 0 Å². The lowest BCUT2D eigenvalue weighted by Crippen LogP contribution is -2.30. The number of hydrogen-bond acceptors (Lipinski definition) is 5. The number of unbranched alkanes of at least 4 members (excludes halogenated alkanes) is 22. The molecular weight excluding hydrogens is 765 g/mol. The maximum absolute atomic E-state index is 12.7. The monoisotopic (exact) mass is 863 g/mol. The molecule has 1 unspecified atom stereocenters. The first-order chi connectivity index (χ1) is 30.6. The number of carbonyl (C=O) groups is 2. The predicted molar refractivity (Wildman–Crippen MR) is 270 cm³/mol. The predicted octanol–water partition coefficient (Wildman–Crippen LogP) is 17.7. The molecule has 0 spiro atoms. The minimum atomic E-state index is -0.582. The summed E-state index contributed by atoms with van der Waals surface area (Å²) in [7, 11) is 0. The molecule has 0 saturated carbocycles. The van der Waals surface area contributed by atoms with Gasteiger partial charge in [0.2, 0.25) is 0 Å². The Balaban J connectivity index is 4.32. The van der Waals surface area contributed by atoms with Gasteiger partial charge in [0.1, 0.15) is 6.61 Å². The molecular formula is C57H98O5. The van der Waals surface area contributed by atoms with Crippen LogP contribution in [0.5, 0.6) is 0 Å². The van der Waals surface area contributed by atoms with Gasteiger partial charge in [-0.05, 0) is 103 Å². The molecule has 0 aromatic rings. The lowest BCUT2D eigenvalue weighted by Gasteiger charge is -2.18. The van der Waals surface area contributed by atoms with E-state index in [1.165, 1.54) is 135 Å². The molecule has 356 valence electrons. The Kier molecular flexibility index (Phi) is 50.0. The number of carbonyl (C=O) groups excluding carboxylic acids is 2. The summed E-state index contributed by atoms with van der Waals surface area (Å²) in [5.41, 5.74) is 0. The van der Waals surface area contributed by atoms with Gasteiger partial charge in [-0.1, -0.05) is 209 Å². The third-order valence-electron chi connectivity index (χ3n) is 10.9. The van der Waals surface area contributed by atoms with Gasteiger partial charge in [0.25, 0.3) is 0 Å². The SMILES string of the molecule is CC/C=C\C/C=C\C/C=C\C/C=C\CCC(=O)OC(COCCCCCCCC/C=C\CCCCCC)COC(=O)CCCCCCCCCCC/C=C\C/C=C\CCCCC. The Morgan fingerprint density at radius 3 is 1.27 bits per heavy atom. The summed E-state index contributed by atoms with van der Waals surface area (Å²) in [6.45, 7) is 7.59. The summed E-state index contributed by atoms with van der Waals surface area (Å²) >= 11 is 0. The standard InChI is InChI=1S/C57H98O5/c1-4-7-10-13-16-19-22-25-27-28-29-30-31-33-35-38-41-44-47-50-56(58)61-54-55(53-60-52-49-46-43-40-37-34-26-23-20-17-14-11-8-5-2)62-57(59)51-48-45-42-39-36-32-24-21-18-15-12-9-6-3/h9,12,16,18-21,23,25,27,32,36,42,45,55H,4-8,10-11,13-15,17,22,24,26,28-31,33-35,37-41,43-44,46-54H2,1-3H3/b12-9-,19-16-,21-18-,23-20-,27-25-,36-32-,45-42-. The minimum Gasteiger partial charge on any atom is -0.462 e. The van der Waals surface area contributed by atoms with Gasteiger partial charge < -0.3 is 14.2 Å². The van der Waals surface area contributed by atoms with Gasteiger partial charge in [-0.15, -0.1) is 0 Å². The molecule has 1 atom stereocenters. The fraction of sp³-hybridized carbons (Fsp3) is 0.719. The highest BCUT2D eigenvalue weighted by Gasteiger charge is 2.17. The highest BCUT2D eigenvalue weighted by Crippen LogP contribution is 2.13. The average Bonchev–Trinajstić information content (AvgIpc) is 3.27.